The first-order valence-electron chi connectivity index (χ1n) is 6.25. The van der Waals surface area contributed by atoms with E-state index < -0.39 is 0 Å². The minimum Gasteiger partial charge on any atom is -0.508 e. The number of aromatic hydroxyl groups is 1. The maximum atomic E-state index is 12.2. The molecule has 0 fully saturated rings. The number of benzene rings is 1. The second-order valence-corrected chi connectivity index (χ2v) is 5.40. The molecule has 1 heterocycles. The fraction of sp³-hybridized carbons (Fsp3) is 0.286. The van der Waals surface area contributed by atoms with Crippen molar-refractivity contribution in [2.75, 3.05) is 12.4 Å². The van der Waals surface area contributed by atoms with E-state index in [4.69, 9.17) is 0 Å². The Morgan fingerprint density at radius 3 is 2.85 bits per heavy atom. The Labute approximate surface area is 121 Å². The van der Waals surface area contributed by atoms with Crippen molar-refractivity contribution >= 4 is 22.4 Å². The average Bonchev–Trinajstić information content (AvgIpc) is 2.86. The first kappa shape index (κ1) is 14.5. The zero-order valence-electron chi connectivity index (χ0n) is 11.6. The van der Waals surface area contributed by atoms with Gasteiger partial charge in [-0.25, -0.2) is 4.98 Å². The number of carbonyl (C=O) groups is 1. The van der Waals surface area contributed by atoms with Gasteiger partial charge in [0.1, 0.15) is 5.75 Å². The van der Waals surface area contributed by atoms with Gasteiger partial charge in [0.05, 0.1) is 5.69 Å². The third kappa shape index (κ3) is 3.15. The number of hydrogen-bond acceptors (Lipinski definition) is 5. The van der Waals surface area contributed by atoms with Crippen molar-refractivity contribution in [2.24, 2.45) is 0 Å². The van der Waals surface area contributed by atoms with Crippen molar-refractivity contribution in [1.29, 1.82) is 0 Å². The topological polar surface area (TPSA) is 74.2 Å². The van der Waals surface area contributed by atoms with Gasteiger partial charge in [0.2, 0.25) is 0 Å². The van der Waals surface area contributed by atoms with Crippen LogP contribution in [0.4, 0.5) is 5.13 Å². The molecular weight excluding hydrogens is 274 g/mol. The van der Waals surface area contributed by atoms with E-state index in [1.165, 1.54) is 17.4 Å². The lowest BCUT2D eigenvalue weighted by Gasteiger charge is -2.06. The highest BCUT2D eigenvalue weighted by atomic mass is 32.1. The number of phenolic OH excluding ortho intramolecular Hbond substituents is 1. The number of nitrogens with zero attached hydrogens (tertiary/aromatic N) is 1. The predicted molar refractivity (Wildman–Crippen MR) is 80.4 cm³/mol. The van der Waals surface area contributed by atoms with E-state index in [1.807, 2.05) is 19.4 Å². The number of carbonyl (C=O) groups excluding carboxylic acids is 1. The lowest BCUT2D eigenvalue weighted by molar-refractivity contribution is 0.102. The van der Waals surface area contributed by atoms with Gasteiger partial charge in [-0.3, -0.25) is 10.1 Å². The Bertz CT molecular complexity index is 625. The Kier molecular flexibility index (Phi) is 4.36. The number of thiazole rings is 1. The number of phenols is 1. The number of aryl methyl sites for hydroxylation is 1. The normalized spacial score (nSPS) is 12.2. The third-order valence-corrected chi connectivity index (χ3v) is 3.85. The molecule has 1 aromatic carbocycles. The number of nitrogens with one attached hydrogen (secondary N) is 2. The zero-order valence-corrected chi connectivity index (χ0v) is 12.4. The maximum Gasteiger partial charge on any atom is 0.257 e. The molecule has 1 aromatic heterocycles. The summed E-state index contributed by atoms with van der Waals surface area (Å²) in [6.07, 6.45) is 0. The van der Waals surface area contributed by atoms with E-state index in [0.717, 1.165) is 11.3 Å². The van der Waals surface area contributed by atoms with E-state index in [0.29, 0.717) is 10.7 Å². The van der Waals surface area contributed by atoms with Crippen LogP contribution in [0.15, 0.2) is 23.6 Å². The van der Waals surface area contributed by atoms with Gasteiger partial charge in [0, 0.05) is 17.0 Å². The standard InChI is InChI=1S/C14H17N3O2S/c1-8-6-10(18)4-5-11(8)13(19)17-14-16-12(7-20-14)9(2)15-3/h4-7,9,15,18H,1-3H3,(H,16,17,19). The van der Waals surface area contributed by atoms with Crippen LogP contribution in [0.2, 0.25) is 0 Å². The molecule has 0 bridgehead atoms. The molecule has 0 aliphatic carbocycles. The van der Waals surface area contributed by atoms with Crippen molar-refractivity contribution < 1.29 is 9.90 Å². The number of rotatable bonds is 4. The SMILES string of the molecule is CNC(C)c1csc(NC(=O)c2ccc(O)cc2C)n1. The number of aromatic nitrogens is 1. The molecule has 3 N–H and O–H groups in total. The van der Waals surface area contributed by atoms with Gasteiger partial charge in [-0.15, -0.1) is 11.3 Å². The molecule has 0 aliphatic heterocycles. The molecule has 5 nitrogen and oxygen atoms in total. The summed E-state index contributed by atoms with van der Waals surface area (Å²) in [7, 11) is 1.86. The van der Waals surface area contributed by atoms with Crippen molar-refractivity contribution in [3.8, 4) is 5.75 Å². The lowest BCUT2D eigenvalue weighted by atomic mass is 10.1. The van der Waals surface area contributed by atoms with E-state index in [2.05, 4.69) is 15.6 Å². The largest absolute Gasteiger partial charge is 0.508 e. The van der Waals surface area contributed by atoms with E-state index >= 15 is 0 Å². The molecular formula is C14H17N3O2S. The van der Waals surface area contributed by atoms with Crippen LogP contribution < -0.4 is 10.6 Å². The molecule has 2 aromatic rings. The molecule has 2 rings (SSSR count). The summed E-state index contributed by atoms with van der Waals surface area (Å²) in [5.74, 6) is -0.0704. The maximum absolute atomic E-state index is 12.2. The summed E-state index contributed by atoms with van der Waals surface area (Å²) in [6, 6.07) is 4.81. The molecule has 0 saturated heterocycles. The second kappa shape index (κ2) is 6.02. The molecule has 1 unspecified atom stereocenters. The highest BCUT2D eigenvalue weighted by molar-refractivity contribution is 7.14. The van der Waals surface area contributed by atoms with Gasteiger partial charge in [0.15, 0.2) is 5.13 Å². The van der Waals surface area contributed by atoms with Crippen molar-refractivity contribution in [3.63, 3.8) is 0 Å². The van der Waals surface area contributed by atoms with E-state index in [1.54, 1.807) is 19.1 Å². The van der Waals surface area contributed by atoms with Crippen LogP contribution >= 0.6 is 11.3 Å². The molecule has 1 amide bonds. The van der Waals surface area contributed by atoms with Gasteiger partial charge < -0.3 is 10.4 Å². The van der Waals surface area contributed by atoms with Crippen LogP contribution in [0.3, 0.4) is 0 Å². The minimum atomic E-state index is -0.222. The Balaban J connectivity index is 2.13. The highest BCUT2D eigenvalue weighted by Gasteiger charge is 2.13. The molecule has 0 aliphatic rings. The van der Waals surface area contributed by atoms with Crippen LogP contribution in [0, 0.1) is 6.92 Å². The smallest absolute Gasteiger partial charge is 0.257 e. The molecule has 20 heavy (non-hydrogen) atoms. The molecule has 0 radical (unpaired) electrons. The summed E-state index contributed by atoms with van der Waals surface area (Å²) in [5.41, 5.74) is 2.15. The van der Waals surface area contributed by atoms with Gasteiger partial charge in [-0.2, -0.15) is 0 Å². The lowest BCUT2D eigenvalue weighted by Crippen LogP contribution is -2.15. The van der Waals surface area contributed by atoms with Crippen molar-refractivity contribution in [1.82, 2.24) is 10.3 Å². The Hall–Kier alpha value is -1.92. The molecule has 106 valence electrons. The number of hydrogen-bond donors (Lipinski definition) is 3. The van der Waals surface area contributed by atoms with Crippen LogP contribution in [0.5, 0.6) is 5.75 Å². The Morgan fingerprint density at radius 1 is 1.45 bits per heavy atom. The molecule has 0 saturated carbocycles. The fourth-order valence-electron chi connectivity index (χ4n) is 1.76. The van der Waals surface area contributed by atoms with Crippen LogP contribution in [-0.4, -0.2) is 23.0 Å². The minimum absolute atomic E-state index is 0.146. The fourth-order valence-corrected chi connectivity index (χ4v) is 2.56. The van der Waals surface area contributed by atoms with Crippen molar-refractivity contribution in [3.05, 3.63) is 40.4 Å². The molecule has 0 spiro atoms. The Morgan fingerprint density at radius 2 is 2.20 bits per heavy atom. The number of anilines is 1. The van der Waals surface area contributed by atoms with Gasteiger partial charge in [0.25, 0.3) is 5.91 Å². The van der Waals surface area contributed by atoms with Gasteiger partial charge in [-0.05, 0) is 44.7 Å². The quantitative estimate of drug-likeness (QED) is 0.809. The second-order valence-electron chi connectivity index (χ2n) is 4.54. The average molecular weight is 291 g/mol. The van der Waals surface area contributed by atoms with Gasteiger partial charge >= 0.3 is 0 Å². The van der Waals surface area contributed by atoms with Gasteiger partial charge in [-0.1, -0.05) is 0 Å². The van der Waals surface area contributed by atoms with Crippen LogP contribution in [-0.2, 0) is 0 Å². The van der Waals surface area contributed by atoms with Crippen molar-refractivity contribution in [2.45, 2.75) is 19.9 Å². The molecule has 6 heteroatoms. The first-order valence-corrected chi connectivity index (χ1v) is 7.13. The number of amides is 1. The third-order valence-electron chi connectivity index (χ3n) is 3.07. The van der Waals surface area contributed by atoms with E-state index in [9.17, 15) is 9.90 Å². The highest BCUT2D eigenvalue weighted by Crippen LogP contribution is 2.22. The first-order chi connectivity index (χ1) is 9.51. The monoisotopic (exact) mass is 291 g/mol. The van der Waals surface area contributed by atoms with Crippen LogP contribution in [0.25, 0.3) is 0 Å². The summed E-state index contributed by atoms with van der Waals surface area (Å²) in [6.45, 7) is 3.79. The predicted octanol–water partition coefficient (Wildman–Crippen LogP) is 2.69. The molecule has 1 atom stereocenters. The van der Waals surface area contributed by atoms with Crippen LogP contribution in [0.1, 0.15) is 34.6 Å². The van der Waals surface area contributed by atoms with E-state index in [-0.39, 0.29) is 17.7 Å². The summed E-state index contributed by atoms with van der Waals surface area (Å²) in [5, 5.41) is 17.7. The zero-order chi connectivity index (χ0) is 14.7. The summed E-state index contributed by atoms with van der Waals surface area (Å²) in [4.78, 5) is 16.5. The summed E-state index contributed by atoms with van der Waals surface area (Å²) >= 11 is 1.39. The summed E-state index contributed by atoms with van der Waals surface area (Å²) < 4.78 is 0.